The zero-order chi connectivity index (χ0) is 11.4. The van der Waals surface area contributed by atoms with E-state index in [9.17, 15) is 5.11 Å². The molecule has 0 amide bonds. The van der Waals surface area contributed by atoms with Crippen LogP contribution in [-0.4, -0.2) is 19.3 Å². The van der Waals surface area contributed by atoms with E-state index in [-0.39, 0.29) is 5.75 Å². The highest BCUT2D eigenvalue weighted by Crippen LogP contribution is 2.39. The Morgan fingerprint density at radius 1 is 1.47 bits per heavy atom. The summed E-state index contributed by atoms with van der Waals surface area (Å²) in [5.74, 6) is 0.572. The summed E-state index contributed by atoms with van der Waals surface area (Å²) in [4.78, 5) is 4.75. The predicted octanol–water partition coefficient (Wildman–Crippen LogP) is 2.12. The van der Waals surface area contributed by atoms with E-state index in [2.05, 4.69) is 21.4 Å². The van der Waals surface area contributed by atoms with Crippen LogP contribution in [-0.2, 0) is 11.4 Å². The molecule has 0 bridgehead atoms. The highest BCUT2D eigenvalue weighted by atomic mass is 79.9. The molecule has 0 aliphatic carbocycles. The van der Waals surface area contributed by atoms with Crippen LogP contribution in [0, 0.1) is 6.92 Å². The number of hydrogen-bond acceptors (Lipinski definition) is 4. The lowest BCUT2D eigenvalue weighted by Crippen LogP contribution is -2.12. The lowest BCUT2D eigenvalue weighted by Gasteiger charge is -2.13. The molecule has 0 unspecified atom stereocenters. The van der Waals surface area contributed by atoms with Crippen molar-refractivity contribution in [1.82, 2.24) is 5.48 Å². The van der Waals surface area contributed by atoms with Crippen molar-refractivity contribution in [3.63, 3.8) is 0 Å². The van der Waals surface area contributed by atoms with E-state index in [0.29, 0.717) is 12.3 Å². The Morgan fingerprint density at radius 2 is 2.13 bits per heavy atom. The summed E-state index contributed by atoms with van der Waals surface area (Å²) in [6.45, 7) is 2.34. The van der Waals surface area contributed by atoms with Gasteiger partial charge in [-0.15, -0.1) is 0 Å². The monoisotopic (exact) mass is 275 g/mol. The van der Waals surface area contributed by atoms with Crippen LogP contribution in [0.2, 0.25) is 0 Å². The van der Waals surface area contributed by atoms with Crippen molar-refractivity contribution in [2.45, 2.75) is 13.5 Å². The topological polar surface area (TPSA) is 50.7 Å². The van der Waals surface area contributed by atoms with Gasteiger partial charge in [0.05, 0.1) is 25.2 Å². The number of phenolic OH excluding ortho intramolecular Hbond substituents is 1. The number of methoxy groups -OCH3 is 1. The molecule has 0 aliphatic heterocycles. The third-order valence-electron chi connectivity index (χ3n) is 2.13. The second-order valence-corrected chi connectivity index (χ2v) is 3.92. The summed E-state index contributed by atoms with van der Waals surface area (Å²) < 4.78 is 5.82. The van der Waals surface area contributed by atoms with Gasteiger partial charge in [-0.2, -0.15) is 5.48 Å². The van der Waals surface area contributed by atoms with Gasteiger partial charge in [0.1, 0.15) is 0 Å². The first-order valence-electron chi connectivity index (χ1n) is 4.42. The van der Waals surface area contributed by atoms with Gasteiger partial charge in [-0.1, -0.05) is 0 Å². The molecule has 0 aromatic heterocycles. The smallest absolute Gasteiger partial charge is 0.175 e. The molecule has 0 radical (unpaired) electrons. The van der Waals surface area contributed by atoms with E-state index in [1.807, 2.05) is 13.0 Å². The second kappa shape index (κ2) is 5.34. The lowest BCUT2D eigenvalue weighted by molar-refractivity contribution is 0.0859. The molecule has 4 nitrogen and oxygen atoms in total. The lowest BCUT2D eigenvalue weighted by atomic mass is 10.1. The van der Waals surface area contributed by atoms with Gasteiger partial charge in [-0.05, 0) is 34.5 Å². The van der Waals surface area contributed by atoms with Crippen LogP contribution >= 0.6 is 15.9 Å². The van der Waals surface area contributed by atoms with E-state index >= 15 is 0 Å². The van der Waals surface area contributed by atoms with Gasteiger partial charge in [0.2, 0.25) is 0 Å². The zero-order valence-electron chi connectivity index (χ0n) is 8.93. The molecule has 1 aromatic rings. The first-order chi connectivity index (χ1) is 7.11. The van der Waals surface area contributed by atoms with E-state index < -0.39 is 0 Å². The summed E-state index contributed by atoms with van der Waals surface area (Å²) in [6, 6.07) is 1.89. The van der Waals surface area contributed by atoms with E-state index in [4.69, 9.17) is 9.57 Å². The standard InChI is InChI=1S/C10H14BrNO3/c1-6-4-8(11)10(14-2)9(13)7(6)5-12-15-3/h4,12-13H,5H2,1-3H3. The molecule has 0 fully saturated rings. The average molecular weight is 276 g/mol. The Morgan fingerprint density at radius 3 is 2.67 bits per heavy atom. The van der Waals surface area contributed by atoms with Crippen molar-refractivity contribution in [1.29, 1.82) is 0 Å². The van der Waals surface area contributed by atoms with Crippen LogP contribution < -0.4 is 10.2 Å². The maximum atomic E-state index is 9.93. The summed E-state index contributed by atoms with van der Waals surface area (Å²) in [5, 5.41) is 9.93. The minimum absolute atomic E-state index is 0.133. The zero-order valence-corrected chi connectivity index (χ0v) is 10.5. The van der Waals surface area contributed by atoms with Gasteiger partial charge in [0.15, 0.2) is 11.5 Å². The first kappa shape index (κ1) is 12.3. The van der Waals surface area contributed by atoms with Crippen LogP contribution in [0.5, 0.6) is 11.5 Å². The van der Waals surface area contributed by atoms with Crippen molar-refractivity contribution < 1.29 is 14.7 Å². The second-order valence-electron chi connectivity index (χ2n) is 3.06. The molecule has 0 spiro atoms. The number of rotatable bonds is 4. The molecule has 0 saturated carbocycles. The van der Waals surface area contributed by atoms with E-state index in [1.54, 1.807) is 0 Å². The van der Waals surface area contributed by atoms with Crippen LogP contribution in [0.15, 0.2) is 10.5 Å². The molecule has 0 saturated heterocycles. The molecule has 5 heteroatoms. The Kier molecular flexibility index (Phi) is 4.38. The molecule has 0 aliphatic rings. The van der Waals surface area contributed by atoms with Crippen LogP contribution in [0.25, 0.3) is 0 Å². The Balaban J connectivity index is 3.14. The normalized spacial score (nSPS) is 10.4. The summed E-state index contributed by atoms with van der Waals surface area (Å²) >= 11 is 3.32. The van der Waals surface area contributed by atoms with Gasteiger partial charge >= 0.3 is 0 Å². The first-order valence-corrected chi connectivity index (χ1v) is 5.21. The van der Waals surface area contributed by atoms with Crippen molar-refractivity contribution >= 4 is 15.9 Å². The Bertz CT molecular complexity index is 355. The maximum Gasteiger partial charge on any atom is 0.175 e. The van der Waals surface area contributed by atoms with Gasteiger partial charge in [0, 0.05) is 5.56 Å². The minimum atomic E-state index is 0.133. The SMILES string of the molecule is CONCc1c(C)cc(Br)c(OC)c1O. The van der Waals surface area contributed by atoms with Gasteiger partial charge in [-0.3, -0.25) is 0 Å². The third kappa shape index (κ3) is 2.62. The molecule has 0 atom stereocenters. The molecule has 0 heterocycles. The fourth-order valence-electron chi connectivity index (χ4n) is 1.34. The third-order valence-corrected chi connectivity index (χ3v) is 2.72. The van der Waals surface area contributed by atoms with Crippen molar-refractivity contribution in [3.8, 4) is 11.5 Å². The van der Waals surface area contributed by atoms with Gasteiger partial charge < -0.3 is 14.7 Å². The summed E-state index contributed by atoms with van der Waals surface area (Å²) in [6.07, 6.45) is 0. The highest BCUT2D eigenvalue weighted by molar-refractivity contribution is 9.10. The van der Waals surface area contributed by atoms with Crippen molar-refractivity contribution in [2.24, 2.45) is 0 Å². The van der Waals surface area contributed by atoms with Crippen LogP contribution in [0.1, 0.15) is 11.1 Å². The average Bonchev–Trinajstić information content (AvgIpc) is 2.17. The number of phenols is 1. The number of benzene rings is 1. The maximum absolute atomic E-state index is 9.93. The quantitative estimate of drug-likeness (QED) is 0.827. The summed E-state index contributed by atoms with van der Waals surface area (Å²) in [5.41, 5.74) is 4.41. The number of aryl methyl sites for hydroxylation is 1. The number of aromatic hydroxyl groups is 1. The number of ether oxygens (including phenoxy) is 1. The number of nitrogens with one attached hydrogen (secondary N) is 1. The van der Waals surface area contributed by atoms with Gasteiger partial charge in [-0.25, -0.2) is 0 Å². The van der Waals surface area contributed by atoms with Crippen molar-refractivity contribution in [2.75, 3.05) is 14.2 Å². The van der Waals surface area contributed by atoms with Crippen molar-refractivity contribution in [3.05, 3.63) is 21.7 Å². The fourth-order valence-corrected chi connectivity index (χ4v) is 2.03. The number of hydroxylamine groups is 1. The molecule has 1 aromatic carbocycles. The molecular weight excluding hydrogens is 262 g/mol. The van der Waals surface area contributed by atoms with Crippen LogP contribution in [0.4, 0.5) is 0 Å². The molecule has 1 rings (SSSR count). The number of hydrogen-bond donors (Lipinski definition) is 2. The minimum Gasteiger partial charge on any atom is -0.504 e. The molecule has 84 valence electrons. The molecule has 15 heavy (non-hydrogen) atoms. The van der Waals surface area contributed by atoms with Gasteiger partial charge in [0.25, 0.3) is 0 Å². The van der Waals surface area contributed by atoms with E-state index in [0.717, 1.165) is 15.6 Å². The Labute approximate surface area is 97.3 Å². The van der Waals surface area contributed by atoms with E-state index in [1.165, 1.54) is 14.2 Å². The fraction of sp³-hybridized carbons (Fsp3) is 0.400. The largest absolute Gasteiger partial charge is 0.504 e. The predicted molar refractivity (Wildman–Crippen MR) is 60.9 cm³/mol. The highest BCUT2D eigenvalue weighted by Gasteiger charge is 2.14. The molecular formula is C10H14BrNO3. The number of halogens is 1. The molecule has 2 N–H and O–H groups in total. The summed E-state index contributed by atoms with van der Waals surface area (Å²) in [7, 11) is 3.05. The Hall–Kier alpha value is -0.780. The van der Waals surface area contributed by atoms with Crippen LogP contribution in [0.3, 0.4) is 0 Å².